The van der Waals surface area contributed by atoms with Crippen LogP contribution in [-0.2, 0) is 9.47 Å². The monoisotopic (exact) mass is 271 g/mol. The summed E-state index contributed by atoms with van der Waals surface area (Å²) in [7, 11) is 1.78. The van der Waals surface area contributed by atoms with E-state index in [0.29, 0.717) is 19.3 Å². The third kappa shape index (κ3) is 4.71. The van der Waals surface area contributed by atoms with Gasteiger partial charge in [-0.1, -0.05) is 19.3 Å². The Bertz CT molecular complexity index is 244. The molecule has 2 aliphatic carbocycles. The van der Waals surface area contributed by atoms with Crippen molar-refractivity contribution in [3.05, 3.63) is 0 Å². The first-order chi connectivity index (χ1) is 9.24. The number of aliphatic hydroxyl groups is 1. The summed E-state index contributed by atoms with van der Waals surface area (Å²) in [5.41, 5.74) is 0.0317. The van der Waals surface area contributed by atoms with Crippen LogP contribution in [0.1, 0.15) is 51.4 Å². The predicted molar refractivity (Wildman–Crippen MR) is 75.3 cm³/mol. The van der Waals surface area contributed by atoms with E-state index < -0.39 is 6.10 Å². The average Bonchev–Trinajstić information content (AvgIpc) is 2.41. The molecule has 0 aromatic carbocycles. The minimum absolute atomic E-state index is 0.0317. The lowest BCUT2D eigenvalue weighted by atomic mass is 9.80. The summed E-state index contributed by atoms with van der Waals surface area (Å²) < 4.78 is 11.3. The molecule has 1 unspecified atom stereocenters. The summed E-state index contributed by atoms with van der Waals surface area (Å²) in [5.74, 6) is 0. The number of aliphatic hydroxyl groups excluding tert-OH is 1. The highest BCUT2D eigenvalue weighted by Crippen LogP contribution is 2.34. The zero-order chi connectivity index (χ0) is 13.6. The van der Waals surface area contributed by atoms with Gasteiger partial charge in [0.2, 0.25) is 0 Å². The van der Waals surface area contributed by atoms with Gasteiger partial charge < -0.3 is 19.9 Å². The summed E-state index contributed by atoms with van der Waals surface area (Å²) >= 11 is 0. The lowest BCUT2D eigenvalue weighted by Gasteiger charge is -2.40. The highest BCUT2D eigenvalue weighted by molar-refractivity contribution is 4.91. The van der Waals surface area contributed by atoms with Gasteiger partial charge in [0.1, 0.15) is 0 Å². The molecule has 2 fully saturated rings. The van der Waals surface area contributed by atoms with Gasteiger partial charge in [-0.2, -0.15) is 0 Å². The van der Waals surface area contributed by atoms with Crippen molar-refractivity contribution in [1.29, 1.82) is 0 Å². The largest absolute Gasteiger partial charge is 0.389 e. The Hall–Kier alpha value is -0.160. The van der Waals surface area contributed by atoms with Gasteiger partial charge >= 0.3 is 0 Å². The maximum absolute atomic E-state index is 9.91. The van der Waals surface area contributed by atoms with Crippen molar-refractivity contribution in [2.45, 2.75) is 69.2 Å². The van der Waals surface area contributed by atoms with Crippen molar-refractivity contribution in [3.8, 4) is 0 Å². The Morgan fingerprint density at radius 3 is 2.53 bits per heavy atom. The van der Waals surface area contributed by atoms with Crippen LogP contribution in [0.2, 0.25) is 0 Å². The Morgan fingerprint density at radius 1 is 1.21 bits per heavy atom. The van der Waals surface area contributed by atoms with E-state index in [1.807, 2.05) is 0 Å². The number of hydrogen-bond donors (Lipinski definition) is 2. The third-order valence-electron chi connectivity index (χ3n) is 4.60. The second-order valence-electron chi connectivity index (χ2n) is 6.12. The van der Waals surface area contributed by atoms with Crippen LogP contribution in [0.3, 0.4) is 0 Å². The van der Waals surface area contributed by atoms with Gasteiger partial charge in [-0.05, 0) is 32.1 Å². The molecule has 0 aromatic heterocycles. The number of rotatable bonds is 8. The van der Waals surface area contributed by atoms with E-state index >= 15 is 0 Å². The molecule has 19 heavy (non-hydrogen) atoms. The molecule has 0 bridgehead atoms. The standard InChI is InChI=1S/C15H29NO3/c1-18-15(8-5-9-15)12-16-10-13(17)11-19-14-6-3-2-4-7-14/h13-14,16-17H,2-12H2,1H3. The van der Waals surface area contributed by atoms with Crippen molar-refractivity contribution in [3.63, 3.8) is 0 Å². The molecule has 0 aliphatic heterocycles. The van der Waals surface area contributed by atoms with E-state index in [9.17, 15) is 5.11 Å². The topological polar surface area (TPSA) is 50.7 Å². The van der Waals surface area contributed by atoms with Gasteiger partial charge in [-0.15, -0.1) is 0 Å². The maximum atomic E-state index is 9.91. The molecular formula is C15H29NO3. The predicted octanol–water partition coefficient (Wildman–Crippen LogP) is 1.86. The molecule has 1 atom stereocenters. The van der Waals surface area contributed by atoms with Gasteiger partial charge in [-0.25, -0.2) is 0 Å². The summed E-state index contributed by atoms with van der Waals surface area (Å²) in [6.07, 6.45) is 9.68. The van der Waals surface area contributed by atoms with E-state index in [0.717, 1.165) is 32.2 Å². The van der Waals surface area contributed by atoms with Crippen LogP contribution in [0, 0.1) is 0 Å². The summed E-state index contributed by atoms with van der Waals surface area (Å²) in [5, 5.41) is 13.2. The van der Waals surface area contributed by atoms with E-state index in [2.05, 4.69) is 5.32 Å². The molecule has 0 aromatic rings. The maximum Gasteiger partial charge on any atom is 0.0897 e. The quantitative estimate of drug-likeness (QED) is 0.707. The molecule has 2 saturated carbocycles. The van der Waals surface area contributed by atoms with E-state index in [1.165, 1.54) is 25.7 Å². The number of nitrogens with one attached hydrogen (secondary N) is 1. The molecule has 2 N–H and O–H groups in total. The zero-order valence-electron chi connectivity index (χ0n) is 12.2. The molecule has 4 nitrogen and oxygen atoms in total. The fraction of sp³-hybridized carbons (Fsp3) is 1.00. The molecule has 112 valence electrons. The van der Waals surface area contributed by atoms with Gasteiger partial charge in [0.25, 0.3) is 0 Å². The number of methoxy groups -OCH3 is 1. The minimum Gasteiger partial charge on any atom is -0.389 e. The van der Waals surface area contributed by atoms with Crippen LogP contribution in [0.4, 0.5) is 0 Å². The van der Waals surface area contributed by atoms with Crippen LogP contribution in [0.15, 0.2) is 0 Å². The van der Waals surface area contributed by atoms with E-state index in [-0.39, 0.29) is 5.60 Å². The molecule has 0 heterocycles. The van der Waals surface area contributed by atoms with E-state index in [4.69, 9.17) is 9.47 Å². The molecule has 0 saturated heterocycles. The summed E-state index contributed by atoms with van der Waals surface area (Å²) in [4.78, 5) is 0. The first-order valence-corrected chi connectivity index (χ1v) is 7.80. The van der Waals surface area contributed by atoms with E-state index in [1.54, 1.807) is 7.11 Å². The number of hydrogen-bond acceptors (Lipinski definition) is 4. The fourth-order valence-corrected chi connectivity index (χ4v) is 3.03. The van der Waals surface area contributed by atoms with Crippen molar-refractivity contribution >= 4 is 0 Å². The van der Waals surface area contributed by atoms with Crippen molar-refractivity contribution in [2.75, 3.05) is 26.8 Å². The Balaban J connectivity index is 1.53. The first-order valence-electron chi connectivity index (χ1n) is 7.80. The molecule has 0 amide bonds. The fourth-order valence-electron chi connectivity index (χ4n) is 3.03. The lowest BCUT2D eigenvalue weighted by molar-refractivity contribution is -0.0724. The van der Waals surface area contributed by atoms with Gasteiger partial charge in [0, 0.05) is 20.2 Å². The third-order valence-corrected chi connectivity index (χ3v) is 4.60. The molecule has 2 aliphatic rings. The van der Waals surface area contributed by atoms with Crippen molar-refractivity contribution < 1.29 is 14.6 Å². The van der Waals surface area contributed by atoms with Gasteiger partial charge in [0.15, 0.2) is 0 Å². The Labute approximate surface area is 116 Å². The summed E-state index contributed by atoms with van der Waals surface area (Å²) in [6, 6.07) is 0. The van der Waals surface area contributed by atoms with Gasteiger partial charge in [-0.3, -0.25) is 0 Å². The zero-order valence-corrected chi connectivity index (χ0v) is 12.2. The van der Waals surface area contributed by atoms with Crippen LogP contribution in [0.25, 0.3) is 0 Å². The van der Waals surface area contributed by atoms with Crippen molar-refractivity contribution in [1.82, 2.24) is 5.32 Å². The van der Waals surface area contributed by atoms with Crippen LogP contribution < -0.4 is 5.32 Å². The SMILES string of the molecule is COC1(CNCC(O)COC2CCCCC2)CCC1. The van der Waals surface area contributed by atoms with Crippen LogP contribution in [0.5, 0.6) is 0 Å². The average molecular weight is 271 g/mol. The molecule has 2 rings (SSSR count). The smallest absolute Gasteiger partial charge is 0.0897 e. The molecule has 0 radical (unpaired) electrons. The summed E-state index contributed by atoms with van der Waals surface area (Å²) in [6.45, 7) is 1.89. The Morgan fingerprint density at radius 2 is 1.95 bits per heavy atom. The minimum atomic E-state index is -0.407. The molecular weight excluding hydrogens is 242 g/mol. The highest BCUT2D eigenvalue weighted by atomic mass is 16.5. The van der Waals surface area contributed by atoms with Gasteiger partial charge in [0.05, 0.1) is 24.4 Å². The highest BCUT2D eigenvalue weighted by Gasteiger charge is 2.36. The normalized spacial score (nSPS) is 24.9. The van der Waals surface area contributed by atoms with Crippen molar-refractivity contribution in [2.24, 2.45) is 0 Å². The Kier molecular flexibility index (Phi) is 6.07. The molecule has 4 heteroatoms. The molecule has 0 spiro atoms. The lowest BCUT2D eigenvalue weighted by Crippen LogP contribution is -2.49. The second-order valence-corrected chi connectivity index (χ2v) is 6.12. The van der Waals surface area contributed by atoms with Crippen LogP contribution >= 0.6 is 0 Å². The number of ether oxygens (including phenoxy) is 2. The van der Waals surface area contributed by atoms with Crippen LogP contribution in [-0.4, -0.2) is 49.7 Å². The first kappa shape index (κ1) is 15.2. The second kappa shape index (κ2) is 7.58.